The van der Waals surface area contributed by atoms with Crippen molar-refractivity contribution in [1.29, 1.82) is 0 Å². The van der Waals surface area contributed by atoms with Crippen LogP contribution in [0.3, 0.4) is 0 Å². The SMILES string of the molecule is COc1ccccc1CN(CC(=O)Nc1ccccc1-c1ccccc1)C1CC1. The first-order chi connectivity index (χ1) is 14.2. The van der Waals surface area contributed by atoms with Crippen LogP contribution in [0.2, 0.25) is 0 Å². The molecule has 0 spiro atoms. The van der Waals surface area contributed by atoms with E-state index in [9.17, 15) is 4.79 Å². The Balaban J connectivity index is 1.47. The van der Waals surface area contributed by atoms with Gasteiger partial charge in [-0.15, -0.1) is 0 Å². The van der Waals surface area contributed by atoms with Crippen LogP contribution in [0.1, 0.15) is 18.4 Å². The zero-order valence-electron chi connectivity index (χ0n) is 16.7. The molecule has 0 aromatic heterocycles. The summed E-state index contributed by atoms with van der Waals surface area (Å²) in [7, 11) is 1.69. The van der Waals surface area contributed by atoms with Crippen LogP contribution in [0, 0.1) is 0 Å². The first-order valence-electron chi connectivity index (χ1n) is 10.0. The van der Waals surface area contributed by atoms with Gasteiger partial charge in [0.1, 0.15) is 5.75 Å². The lowest BCUT2D eigenvalue weighted by Gasteiger charge is -2.23. The number of hydrogen-bond acceptors (Lipinski definition) is 3. The number of methoxy groups -OCH3 is 1. The van der Waals surface area contributed by atoms with E-state index in [1.54, 1.807) is 7.11 Å². The lowest BCUT2D eigenvalue weighted by molar-refractivity contribution is -0.117. The van der Waals surface area contributed by atoms with E-state index in [-0.39, 0.29) is 5.91 Å². The van der Waals surface area contributed by atoms with Gasteiger partial charge in [0, 0.05) is 29.4 Å². The summed E-state index contributed by atoms with van der Waals surface area (Å²) in [4.78, 5) is 15.1. The number of anilines is 1. The Morgan fingerprint density at radius 3 is 2.41 bits per heavy atom. The summed E-state index contributed by atoms with van der Waals surface area (Å²) in [6.07, 6.45) is 2.28. The van der Waals surface area contributed by atoms with Gasteiger partial charge in [-0.3, -0.25) is 9.69 Å². The molecule has 4 rings (SSSR count). The summed E-state index contributed by atoms with van der Waals surface area (Å²) in [5, 5.41) is 3.12. The van der Waals surface area contributed by atoms with Gasteiger partial charge < -0.3 is 10.1 Å². The third kappa shape index (κ3) is 4.84. The fraction of sp³-hybridized carbons (Fsp3) is 0.240. The summed E-state index contributed by atoms with van der Waals surface area (Å²) in [5.41, 5.74) is 4.08. The average molecular weight is 386 g/mol. The fourth-order valence-electron chi connectivity index (χ4n) is 3.64. The smallest absolute Gasteiger partial charge is 0.238 e. The molecule has 29 heavy (non-hydrogen) atoms. The molecule has 1 saturated carbocycles. The third-order valence-corrected chi connectivity index (χ3v) is 5.26. The predicted octanol–water partition coefficient (Wildman–Crippen LogP) is 4.97. The number of ether oxygens (including phenoxy) is 1. The molecule has 1 fully saturated rings. The number of carbonyl (C=O) groups excluding carboxylic acids is 1. The first-order valence-corrected chi connectivity index (χ1v) is 10.0. The maximum absolute atomic E-state index is 12.9. The standard InChI is InChI=1S/C25H26N2O2/c1-29-24-14-8-5-11-20(24)17-27(21-15-16-21)18-25(28)26-23-13-7-6-12-22(23)19-9-3-2-4-10-19/h2-14,21H,15-18H2,1H3,(H,26,28). The number of nitrogens with zero attached hydrogens (tertiary/aromatic N) is 1. The summed E-state index contributed by atoms with van der Waals surface area (Å²) in [5.74, 6) is 0.878. The van der Waals surface area contributed by atoms with Crippen LogP contribution in [0.25, 0.3) is 11.1 Å². The van der Waals surface area contributed by atoms with Gasteiger partial charge in [0.05, 0.1) is 13.7 Å². The van der Waals surface area contributed by atoms with E-state index in [2.05, 4.69) is 28.4 Å². The van der Waals surface area contributed by atoms with Gasteiger partial charge in [0.15, 0.2) is 0 Å². The van der Waals surface area contributed by atoms with Gasteiger partial charge in [-0.2, -0.15) is 0 Å². The Kier molecular flexibility index (Phi) is 5.92. The minimum atomic E-state index is 0.00943. The lowest BCUT2D eigenvalue weighted by atomic mass is 10.0. The van der Waals surface area contributed by atoms with E-state index in [1.165, 1.54) is 0 Å². The van der Waals surface area contributed by atoms with Crippen LogP contribution in [0.4, 0.5) is 5.69 Å². The molecule has 4 heteroatoms. The Hall–Kier alpha value is -3.11. The average Bonchev–Trinajstić information content (AvgIpc) is 3.60. The molecule has 3 aromatic carbocycles. The van der Waals surface area contributed by atoms with E-state index in [4.69, 9.17) is 4.74 Å². The molecular weight excluding hydrogens is 360 g/mol. The molecule has 1 N–H and O–H groups in total. The van der Waals surface area contributed by atoms with E-state index < -0.39 is 0 Å². The molecule has 0 aliphatic heterocycles. The highest BCUT2D eigenvalue weighted by molar-refractivity contribution is 5.96. The number of hydrogen-bond donors (Lipinski definition) is 1. The molecule has 0 heterocycles. The Bertz CT molecular complexity index is 967. The molecule has 0 atom stereocenters. The number of carbonyl (C=O) groups is 1. The molecule has 0 radical (unpaired) electrons. The second kappa shape index (κ2) is 8.93. The van der Waals surface area contributed by atoms with Crippen LogP contribution >= 0.6 is 0 Å². The van der Waals surface area contributed by atoms with Gasteiger partial charge in [-0.05, 0) is 30.5 Å². The van der Waals surface area contributed by atoms with Crippen molar-refractivity contribution in [3.8, 4) is 16.9 Å². The summed E-state index contributed by atoms with van der Waals surface area (Å²) < 4.78 is 5.48. The number of benzene rings is 3. The highest BCUT2D eigenvalue weighted by Crippen LogP contribution is 2.31. The van der Waals surface area contributed by atoms with Crippen molar-refractivity contribution in [2.24, 2.45) is 0 Å². The predicted molar refractivity (Wildman–Crippen MR) is 117 cm³/mol. The lowest BCUT2D eigenvalue weighted by Crippen LogP contribution is -2.34. The number of rotatable bonds is 8. The van der Waals surface area contributed by atoms with Crippen LogP contribution in [0.5, 0.6) is 5.75 Å². The van der Waals surface area contributed by atoms with Gasteiger partial charge in [-0.1, -0.05) is 66.7 Å². The molecule has 0 unspecified atom stereocenters. The highest BCUT2D eigenvalue weighted by atomic mass is 16.5. The quantitative estimate of drug-likeness (QED) is 0.595. The van der Waals surface area contributed by atoms with Crippen molar-refractivity contribution in [1.82, 2.24) is 4.90 Å². The Labute approximate surface area is 172 Å². The largest absolute Gasteiger partial charge is 0.496 e. The number of nitrogens with one attached hydrogen (secondary N) is 1. The van der Waals surface area contributed by atoms with Crippen LogP contribution in [0.15, 0.2) is 78.9 Å². The van der Waals surface area contributed by atoms with Gasteiger partial charge >= 0.3 is 0 Å². The van der Waals surface area contributed by atoms with E-state index >= 15 is 0 Å². The van der Waals surface area contributed by atoms with Crippen molar-refractivity contribution < 1.29 is 9.53 Å². The van der Waals surface area contributed by atoms with Crippen LogP contribution in [-0.2, 0) is 11.3 Å². The molecular formula is C25H26N2O2. The third-order valence-electron chi connectivity index (χ3n) is 5.26. The molecule has 148 valence electrons. The first kappa shape index (κ1) is 19.2. The fourth-order valence-corrected chi connectivity index (χ4v) is 3.64. The maximum atomic E-state index is 12.9. The highest BCUT2D eigenvalue weighted by Gasteiger charge is 2.31. The van der Waals surface area contributed by atoms with E-state index in [1.807, 2.05) is 60.7 Å². The number of amides is 1. The summed E-state index contributed by atoms with van der Waals surface area (Å²) in [6, 6.07) is 26.6. The normalized spacial score (nSPS) is 13.3. The minimum absolute atomic E-state index is 0.00943. The molecule has 0 bridgehead atoms. The zero-order chi connectivity index (χ0) is 20.1. The molecule has 1 aliphatic carbocycles. The second-order valence-corrected chi connectivity index (χ2v) is 7.41. The van der Waals surface area contributed by atoms with Crippen molar-refractivity contribution in [2.75, 3.05) is 19.0 Å². The summed E-state index contributed by atoms with van der Waals surface area (Å²) >= 11 is 0. The molecule has 4 nitrogen and oxygen atoms in total. The van der Waals surface area contributed by atoms with Gasteiger partial charge in [0.25, 0.3) is 0 Å². The zero-order valence-corrected chi connectivity index (χ0v) is 16.7. The van der Waals surface area contributed by atoms with E-state index in [0.29, 0.717) is 19.1 Å². The Morgan fingerprint density at radius 1 is 0.966 bits per heavy atom. The second-order valence-electron chi connectivity index (χ2n) is 7.41. The number of para-hydroxylation sites is 2. The molecule has 1 amide bonds. The summed E-state index contributed by atoms with van der Waals surface area (Å²) in [6.45, 7) is 1.08. The van der Waals surface area contributed by atoms with Crippen molar-refractivity contribution in [3.63, 3.8) is 0 Å². The van der Waals surface area contributed by atoms with Gasteiger partial charge in [-0.25, -0.2) is 0 Å². The van der Waals surface area contributed by atoms with Crippen molar-refractivity contribution in [3.05, 3.63) is 84.4 Å². The monoisotopic (exact) mass is 386 g/mol. The molecule has 3 aromatic rings. The van der Waals surface area contributed by atoms with Crippen LogP contribution in [-0.4, -0.2) is 30.5 Å². The van der Waals surface area contributed by atoms with E-state index in [0.717, 1.165) is 41.0 Å². The molecule has 0 saturated heterocycles. The Morgan fingerprint density at radius 2 is 1.66 bits per heavy atom. The van der Waals surface area contributed by atoms with Gasteiger partial charge in [0.2, 0.25) is 5.91 Å². The van der Waals surface area contributed by atoms with Crippen molar-refractivity contribution in [2.45, 2.75) is 25.4 Å². The molecule has 1 aliphatic rings. The maximum Gasteiger partial charge on any atom is 0.238 e. The van der Waals surface area contributed by atoms with Crippen molar-refractivity contribution >= 4 is 11.6 Å². The topological polar surface area (TPSA) is 41.6 Å². The van der Waals surface area contributed by atoms with Crippen LogP contribution < -0.4 is 10.1 Å². The minimum Gasteiger partial charge on any atom is -0.496 e.